The Morgan fingerprint density at radius 1 is 0.708 bits per heavy atom. The van der Waals surface area contributed by atoms with E-state index in [9.17, 15) is 10.2 Å². The molecule has 0 aliphatic rings. The summed E-state index contributed by atoms with van der Waals surface area (Å²) in [5, 5.41) is 27.5. The second kappa shape index (κ2) is 7.28. The van der Waals surface area contributed by atoms with Gasteiger partial charge in [-0.1, -0.05) is 42.5 Å². The van der Waals surface area contributed by atoms with Crippen LogP contribution in [0.3, 0.4) is 0 Å². The molecule has 2 N–H and O–H groups in total. The SMILES string of the molecule is Oc1ccccc1N=Nc1cc(OCc2ccccc2)ccc1O. The van der Waals surface area contributed by atoms with Gasteiger partial charge in [-0.2, -0.15) is 0 Å². The Kier molecular flexibility index (Phi) is 4.72. The average Bonchev–Trinajstić information content (AvgIpc) is 2.62. The van der Waals surface area contributed by atoms with Crippen molar-refractivity contribution in [3.8, 4) is 17.2 Å². The number of benzene rings is 3. The first-order valence-electron chi connectivity index (χ1n) is 7.42. The third-order valence-electron chi connectivity index (χ3n) is 3.34. The molecule has 120 valence electrons. The van der Waals surface area contributed by atoms with Gasteiger partial charge in [-0.25, -0.2) is 0 Å². The molecule has 3 aromatic rings. The van der Waals surface area contributed by atoms with Gasteiger partial charge in [0.1, 0.15) is 35.2 Å². The molecule has 0 spiro atoms. The number of nitrogens with zero attached hydrogens (tertiary/aromatic N) is 2. The van der Waals surface area contributed by atoms with Crippen molar-refractivity contribution in [3.05, 3.63) is 78.4 Å². The van der Waals surface area contributed by atoms with E-state index in [1.807, 2.05) is 30.3 Å². The number of para-hydroxylation sites is 1. The van der Waals surface area contributed by atoms with Crippen molar-refractivity contribution in [2.45, 2.75) is 6.61 Å². The number of phenols is 2. The van der Waals surface area contributed by atoms with E-state index in [1.54, 1.807) is 30.3 Å². The zero-order valence-electron chi connectivity index (χ0n) is 12.8. The maximum Gasteiger partial charge on any atom is 0.143 e. The lowest BCUT2D eigenvalue weighted by atomic mass is 10.2. The molecule has 24 heavy (non-hydrogen) atoms. The Morgan fingerprint density at radius 2 is 1.38 bits per heavy atom. The number of aromatic hydroxyl groups is 2. The van der Waals surface area contributed by atoms with E-state index in [0.717, 1.165) is 5.56 Å². The van der Waals surface area contributed by atoms with Crippen LogP contribution in [0.25, 0.3) is 0 Å². The predicted molar refractivity (Wildman–Crippen MR) is 91.2 cm³/mol. The van der Waals surface area contributed by atoms with Gasteiger partial charge in [-0.05, 0) is 29.8 Å². The predicted octanol–water partition coefficient (Wildman–Crippen LogP) is 5.09. The zero-order valence-corrected chi connectivity index (χ0v) is 12.8. The Labute approximate surface area is 139 Å². The summed E-state index contributed by atoms with van der Waals surface area (Å²) in [5.41, 5.74) is 1.64. The van der Waals surface area contributed by atoms with E-state index >= 15 is 0 Å². The quantitative estimate of drug-likeness (QED) is 0.643. The van der Waals surface area contributed by atoms with Crippen LogP contribution < -0.4 is 4.74 Å². The van der Waals surface area contributed by atoms with Crippen LogP contribution >= 0.6 is 0 Å². The molecule has 0 saturated carbocycles. The smallest absolute Gasteiger partial charge is 0.143 e. The molecule has 0 heterocycles. The summed E-state index contributed by atoms with van der Waals surface area (Å²) in [6.07, 6.45) is 0. The highest BCUT2D eigenvalue weighted by atomic mass is 16.5. The molecule has 5 nitrogen and oxygen atoms in total. The lowest BCUT2D eigenvalue weighted by Crippen LogP contribution is -1.94. The average molecular weight is 320 g/mol. The van der Waals surface area contributed by atoms with Gasteiger partial charge in [0, 0.05) is 6.07 Å². The molecule has 3 rings (SSSR count). The van der Waals surface area contributed by atoms with E-state index < -0.39 is 0 Å². The Morgan fingerprint density at radius 3 is 2.17 bits per heavy atom. The van der Waals surface area contributed by atoms with Crippen LogP contribution in [-0.4, -0.2) is 10.2 Å². The second-order valence-corrected chi connectivity index (χ2v) is 5.11. The molecule has 0 amide bonds. The standard InChI is InChI=1S/C19H16N2O3/c22-18-9-5-4-8-16(18)20-21-17-12-15(10-11-19(17)23)24-13-14-6-2-1-3-7-14/h1-12,22-23H,13H2. The molecule has 0 unspecified atom stereocenters. The molecule has 0 fully saturated rings. The lowest BCUT2D eigenvalue weighted by molar-refractivity contribution is 0.306. The van der Waals surface area contributed by atoms with E-state index in [4.69, 9.17) is 4.74 Å². The molecule has 0 atom stereocenters. The van der Waals surface area contributed by atoms with Gasteiger partial charge in [-0.15, -0.1) is 10.2 Å². The van der Waals surface area contributed by atoms with Gasteiger partial charge in [0.15, 0.2) is 0 Å². The summed E-state index contributed by atoms with van der Waals surface area (Å²) in [4.78, 5) is 0. The Balaban J connectivity index is 1.75. The van der Waals surface area contributed by atoms with Crippen LogP contribution in [0.15, 0.2) is 83.0 Å². The van der Waals surface area contributed by atoms with Gasteiger partial charge in [0.25, 0.3) is 0 Å². The topological polar surface area (TPSA) is 74.4 Å². The van der Waals surface area contributed by atoms with Crippen molar-refractivity contribution in [2.75, 3.05) is 0 Å². The monoisotopic (exact) mass is 320 g/mol. The van der Waals surface area contributed by atoms with Gasteiger partial charge in [0.2, 0.25) is 0 Å². The minimum Gasteiger partial charge on any atom is -0.506 e. The molecule has 0 aliphatic carbocycles. The first kappa shape index (κ1) is 15.6. The number of ether oxygens (including phenoxy) is 1. The minimum absolute atomic E-state index is 0.0127. The molecule has 3 aromatic carbocycles. The number of azo groups is 1. The maximum absolute atomic E-state index is 9.90. The van der Waals surface area contributed by atoms with Gasteiger partial charge in [-0.3, -0.25) is 0 Å². The zero-order chi connectivity index (χ0) is 16.8. The van der Waals surface area contributed by atoms with Crippen molar-refractivity contribution in [1.29, 1.82) is 0 Å². The maximum atomic E-state index is 9.90. The third kappa shape index (κ3) is 3.89. The fourth-order valence-electron chi connectivity index (χ4n) is 2.07. The van der Waals surface area contributed by atoms with Crippen molar-refractivity contribution >= 4 is 11.4 Å². The number of phenolic OH excluding ortho intramolecular Hbond substituents is 2. The second-order valence-electron chi connectivity index (χ2n) is 5.11. The molecular weight excluding hydrogens is 304 g/mol. The van der Waals surface area contributed by atoms with Crippen molar-refractivity contribution in [1.82, 2.24) is 0 Å². The Bertz CT molecular complexity index is 848. The highest BCUT2D eigenvalue weighted by Crippen LogP contribution is 2.34. The molecule has 0 saturated heterocycles. The first-order chi connectivity index (χ1) is 11.7. The van der Waals surface area contributed by atoms with Crippen molar-refractivity contribution in [2.24, 2.45) is 10.2 Å². The summed E-state index contributed by atoms with van der Waals surface area (Å²) in [5.74, 6) is 0.585. The molecule has 0 aliphatic heterocycles. The van der Waals surface area contributed by atoms with E-state index in [1.165, 1.54) is 12.1 Å². The summed E-state index contributed by atoms with van der Waals surface area (Å²) >= 11 is 0. The van der Waals surface area contributed by atoms with Crippen molar-refractivity contribution in [3.63, 3.8) is 0 Å². The summed E-state index contributed by atoms with van der Waals surface area (Å²) in [7, 11) is 0. The third-order valence-corrected chi connectivity index (χ3v) is 3.34. The van der Waals surface area contributed by atoms with Crippen LogP contribution in [0.1, 0.15) is 5.56 Å². The number of hydrogen-bond donors (Lipinski definition) is 2. The summed E-state index contributed by atoms with van der Waals surface area (Å²) in [6, 6.07) is 21.1. The van der Waals surface area contributed by atoms with Crippen LogP contribution in [0.5, 0.6) is 17.2 Å². The molecular formula is C19H16N2O3. The summed E-state index contributed by atoms with van der Waals surface area (Å²) < 4.78 is 5.70. The first-order valence-corrected chi connectivity index (χ1v) is 7.42. The lowest BCUT2D eigenvalue weighted by Gasteiger charge is -2.07. The largest absolute Gasteiger partial charge is 0.506 e. The van der Waals surface area contributed by atoms with E-state index in [0.29, 0.717) is 18.0 Å². The fraction of sp³-hybridized carbons (Fsp3) is 0.0526. The number of rotatable bonds is 5. The molecule has 0 aromatic heterocycles. The molecule has 5 heteroatoms. The van der Waals surface area contributed by atoms with E-state index in [2.05, 4.69) is 10.2 Å². The van der Waals surface area contributed by atoms with Crippen LogP contribution in [-0.2, 0) is 6.61 Å². The highest BCUT2D eigenvalue weighted by molar-refractivity contribution is 5.56. The van der Waals surface area contributed by atoms with Gasteiger partial charge >= 0.3 is 0 Å². The van der Waals surface area contributed by atoms with Crippen molar-refractivity contribution < 1.29 is 14.9 Å². The van der Waals surface area contributed by atoms with Gasteiger partial charge < -0.3 is 14.9 Å². The van der Waals surface area contributed by atoms with Crippen LogP contribution in [0, 0.1) is 0 Å². The Hall–Kier alpha value is -3.34. The summed E-state index contributed by atoms with van der Waals surface area (Å²) in [6.45, 7) is 0.418. The molecule has 0 bridgehead atoms. The van der Waals surface area contributed by atoms with Gasteiger partial charge in [0.05, 0.1) is 0 Å². The highest BCUT2D eigenvalue weighted by Gasteiger charge is 2.04. The van der Waals surface area contributed by atoms with Crippen LogP contribution in [0.2, 0.25) is 0 Å². The minimum atomic E-state index is -0.0127. The normalized spacial score (nSPS) is 10.8. The number of hydrogen-bond acceptors (Lipinski definition) is 5. The van der Waals surface area contributed by atoms with Crippen LogP contribution in [0.4, 0.5) is 11.4 Å². The fourth-order valence-corrected chi connectivity index (χ4v) is 2.07. The van der Waals surface area contributed by atoms with E-state index in [-0.39, 0.29) is 17.2 Å². The molecule has 0 radical (unpaired) electrons.